The van der Waals surface area contributed by atoms with E-state index in [2.05, 4.69) is 6.58 Å². The number of carbonyl (C=O) groups excluding carboxylic acids is 2. The molecule has 1 atom stereocenters. The van der Waals surface area contributed by atoms with Crippen molar-refractivity contribution < 1.29 is 28.2 Å². The van der Waals surface area contributed by atoms with Gasteiger partial charge in [0, 0.05) is 5.56 Å². The molecule has 1 saturated heterocycles. The van der Waals surface area contributed by atoms with Crippen LogP contribution < -0.4 is 4.74 Å². The number of aliphatic hydroxyl groups is 1. The summed E-state index contributed by atoms with van der Waals surface area (Å²) in [4.78, 5) is 27.3. The summed E-state index contributed by atoms with van der Waals surface area (Å²) in [6.45, 7) is 5.56. The van der Waals surface area contributed by atoms with E-state index in [-0.39, 0.29) is 17.7 Å². The van der Waals surface area contributed by atoms with Crippen LogP contribution in [0.25, 0.3) is 5.76 Å². The minimum atomic E-state index is -0.895. The van der Waals surface area contributed by atoms with E-state index in [0.717, 1.165) is 6.07 Å². The van der Waals surface area contributed by atoms with Gasteiger partial charge in [-0.2, -0.15) is 0 Å². The molecule has 33 heavy (non-hydrogen) atoms. The van der Waals surface area contributed by atoms with Crippen molar-refractivity contribution in [1.29, 1.82) is 0 Å². The molecule has 0 saturated carbocycles. The maximum Gasteiger partial charge on any atom is 0.296 e. The van der Waals surface area contributed by atoms with Crippen molar-refractivity contribution in [2.24, 2.45) is 0 Å². The van der Waals surface area contributed by atoms with Gasteiger partial charge in [-0.1, -0.05) is 36.9 Å². The Kier molecular flexibility index (Phi) is 6.13. The highest BCUT2D eigenvalue weighted by atomic mass is 19.1. The van der Waals surface area contributed by atoms with Crippen LogP contribution in [0.15, 0.2) is 83.5 Å². The van der Waals surface area contributed by atoms with Crippen molar-refractivity contribution in [1.82, 2.24) is 4.90 Å². The summed E-state index contributed by atoms with van der Waals surface area (Å²) >= 11 is 0. The van der Waals surface area contributed by atoms with Gasteiger partial charge in [-0.05, 0) is 48.4 Å². The highest BCUT2D eigenvalue weighted by Gasteiger charge is 2.46. The summed E-state index contributed by atoms with van der Waals surface area (Å²) in [5.41, 5.74) is 0.983. The minimum absolute atomic E-state index is 0.0238. The molecule has 3 aromatic rings. The number of ketones is 1. The molecule has 0 aliphatic carbocycles. The number of rotatable bonds is 7. The van der Waals surface area contributed by atoms with E-state index in [0.29, 0.717) is 29.2 Å². The quantitative estimate of drug-likeness (QED) is 0.241. The third kappa shape index (κ3) is 4.30. The maximum atomic E-state index is 14.2. The van der Waals surface area contributed by atoms with Gasteiger partial charge >= 0.3 is 0 Å². The van der Waals surface area contributed by atoms with Crippen LogP contribution >= 0.6 is 0 Å². The van der Waals surface area contributed by atoms with Crippen LogP contribution in [0, 0.1) is 12.7 Å². The lowest BCUT2D eigenvalue weighted by molar-refractivity contribution is -0.140. The van der Waals surface area contributed by atoms with Gasteiger partial charge in [-0.3, -0.25) is 9.59 Å². The van der Waals surface area contributed by atoms with Gasteiger partial charge in [0.25, 0.3) is 11.7 Å². The summed E-state index contributed by atoms with van der Waals surface area (Å²) in [7, 11) is 0. The van der Waals surface area contributed by atoms with Crippen molar-refractivity contribution in [2.75, 3.05) is 6.61 Å². The Labute approximate surface area is 190 Å². The first-order valence-corrected chi connectivity index (χ1v) is 10.3. The Balaban J connectivity index is 1.82. The molecule has 2 heterocycles. The summed E-state index contributed by atoms with van der Waals surface area (Å²) in [6.07, 6.45) is 3.09. The highest BCUT2D eigenvalue weighted by Crippen LogP contribution is 2.40. The van der Waals surface area contributed by atoms with Gasteiger partial charge in [-0.15, -0.1) is 0 Å². The van der Waals surface area contributed by atoms with Crippen LogP contribution in [0.5, 0.6) is 5.75 Å². The highest BCUT2D eigenvalue weighted by molar-refractivity contribution is 6.46. The summed E-state index contributed by atoms with van der Waals surface area (Å²) < 4.78 is 25.1. The molecule has 1 aliphatic rings. The standard InChI is InChI=1S/C26H22FNO5/c1-3-12-32-19-10-8-17(9-11-19)23-22(24(29)18-7-6-16(2)21(27)14-18)25(30)26(31)28(23)15-20-5-4-13-33-20/h3-11,13-14,23,29H,1,12,15H2,2H3/b24-22+. The fourth-order valence-corrected chi connectivity index (χ4v) is 3.76. The number of amides is 1. The number of halogens is 1. The molecule has 7 heteroatoms. The lowest BCUT2D eigenvalue weighted by atomic mass is 9.95. The second-order valence-electron chi connectivity index (χ2n) is 7.64. The first-order chi connectivity index (χ1) is 15.9. The van der Waals surface area contributed by atoms with Gasteiger partial charge in [0.15, 0.2) is 0 Å². The number of nitrogens with zero attached hydrogens (tertiary/aromatic N) is 1. The topological polar surface area (TPSA) is 80.0 Å². The van der Waals surface area contributed by atoms with E-state index in [1.54, 1.807) is 49.4 Å². The maximum absolute atomic E-state index is 14.2. The zero-order chi connectivity index (χ0) is 23.5. The minimum Gasteiger partial charge on any atom is -0.507 e. The molecule has 168 valence electrons. The van der Waals surface area contributed by atoms with Crippen LogP contribution in [0.4, 0.5) is 4.39 Å². The largest absolute Gasteiger partial charge is 0.507 e. The van der Waals surface area contributed by atoms with Crippen molar-refractivity contribution >= 4 is 17.4 Å². The third-order valence-corrected chi connectivity index (χ3v) is 5.46. The van der Waals surface area contributed by atoms with E-state index in [4.69, 9.17) is 9.15 Å². The number of aryl methyl sites for hydroxylation is 1. The molecule has 4 rings (SSSR count). The number of hydrogen-bond donors (Lipinski definition) is 1. The Hall–Kier alpha value is -4.13. The molecule has 2 aromatic carbocycles. The number of benzene rings is 2. The van der Waals surface area contributed by atoms with Gasteiger partial charge in [0.1, 0.15) is 29.7 Å². The van der Waals surface area contributed by atoms with Crippen molar-refractivity contribution in [3.8, 4) is 5.75 Å². The fourth-order valence-electron chi connectivity index (χ4n) is 3.76. The third-order valence-electron chi connectivity index (χ3n) is 5.46. The smallest absolute Gasteiger partial charge is 0.296 e. The molecule has 0 bridgehead atoms. The van der Waals surface area contributed by atoms with Crippen molar-refractivity contribution in [3.63, 3.8) is 0 Å². The number of Topliss-reactive ketones (excluding diaryl/α,β-unsaturated/α-hetero) is 1. The number of likely N-dealkylation sites (tertiary alicyclic amines) is 1. The van der Waals surface area contributed by atoms with E-state index in [9.17, 15) is 19.1 Å². The van der Waals surface area contributed by atoms with Crippen LogP contribution in [0.3, 0.4) is 0 Å². The van der Waals surface area contributed by atoms with E-state index in [1.165, 1.54) is 23.3 Å². The Morgan fingerprint density at radius 2 is 1.97 bits per heavy atom. The van der Waals surface area contributed by atoms with Crippen molar-refractivity contribution in [3.05, 3.63) is 107 Å². The van der Waals surface area contributed by atoms with Crippen molar-refractivity contribution in [2.45, 2.75) is 19.5 Å². The van der Waals surface area contributed by atoms with Crippen LogP contribution in [0.1, 0.15) is 28.5 Å². The molecule has 1 fully saturated rings. The second kappa shape index (κ2) is 9.16. The predicted octanol–water partition coefficient (Wildman–Crippen LogP) is 4.91. The average molecular weight is 447 g/mol. The van der Waals surface area contributed by atoms with Gasteiger partial charge < -0.3 is 19.2 Å². The van der Waals surface area contributed by atoms with E-state index >= 15 is 0 Å². The number of furan rings is 1. The van der Waals surface area contributed by atoms with Crippen LogP contribution in [-0.2, 0) is 16.1 Å². The molecule has 0 radical (unpaired) electrons. The zero-order valence-electron chi connectivity index (χ0n) is 18.0. The fraction of sp³-hybridized carbons (Fsp3) is 0.154. The zero-order valence-corrected chi connectivity index (χ0v) is 18.0. The monoisotopic (exact) mass is 447 g/mol. The summed E-state index contributed by atoms with van der Waals surface area (Å²) in [5, 5.41) is 11.0. The van der Waals surface area contributed by atoms with E-state index in [1.807, 2.05) is 0 Å². The Morgan fingerprint density at radius 3 is 2.61 bits per heavy atom. The molecular formula is C26H22FNO5. The molecule has 1 N–H and O–H groups in total. The average Bonchev–Trinajstić information content (AvgIpc) is 3.42. The molecule has 1 aliphatic heterocycles. The molecular weight excluding hydrogens is 425 g/mol. The molecule has 1 unspecified atom stereocenters. The SMILES string of the molecule is C=CCOc1ccc(C2/C(=C(\O)c3ccc(C)c(F)c3)C(=O)C(=O)N2Cc2ccco2)cc1. The van der Waals surface area contributed by atoms with Gasteiger partial charge in [-0.25, -0.2) is 4.39 Å². The number of carbonyl (C=O) groups is 2. The molecule has 0 spiro atoms. The second-order valence-corrected chi connectivity index (χ2v) is 7.64. The molecule has 1 aromatic heterocycles. The lowest BCUT2D eigenvalue weighted by Crippen LogP contribution is -2.29. The number of hydrogen-bond acceptors (Lipinski definition) is 5. The van der Waals surface area contributed by atoms with Gasteiger partial charge in [0.05, 0.1) is 24.4 Å². The first-order valence-electron chi connectivity index (χ1n) is 10.3. The predicted molar refractivity (Wildman–Crippen MR) is 120 cm³/mol. The normalized spacial score (nSPS) is 17.4. The Bertz CT molecular complexity index is 1230. The molecule has 1 amide bonds. The van der Waals surface area contributed by atoms with E-state index < -0.39 is 29.3 Å². The lowest BCUT2D eigenvalue weighted by Gasteiger charge is -2.24. The van der Waals surface area contributed by atoms with Gasteiger partial charge in [0.2, 0.25) is 0 Å². The summed E-state index contributed by atoms with van der Waals surface area (Å²) in [6, 6.07) is 13.5. The number of aliphatic hydroxyl groups excluding tert-OH is 1. The van der Waals surface area contributed by atoms with Crippen LogP contribution in [-0.4, -0.2) is 28.3 Å². The Morgan fingerprint density at radius 1 is 1.21 bits per heavy atom. The van der Waals surface area contributed by atoms with Crippen LogP contribution in [0.2, 0.25) is 0 Å². The summed E-state index contributed by atoms with van der Waals surface area (Å²) in [5.74, 6) is -1.53. The number of ether oxygens (including phenoxy) is 1. The molecule has 6 nitrogen and oxygen atoms in total. The first kappa shape index (κ1) is 22.1.